The highest BCUT2D eigenvalue weighted by Crippen LogP contribution is 2.31. The summed E-state index contributed by atoms with van der Waals surface area (Å²) in [5, 5.41) is 14.8. The molecule has 1 aromatic heterocycles. The summed E-state index contributed by atoms with van der Waals surface area (Å²) in [6.45, 7) is 5.22. The average Bonchev–Trinajstić information content (AvgIpc) is 3.34. The van der Waals surface area contributed by atoms with E-state index in [-0.39, 0.29) is 28.6 Å². The number of aryl methyl sites for hydroxylation is 1. The first-order valence-corrected chi connectivity index (χ1v) is 10.6. The van der Waals surface area contributed by atoms with Crippen LogP contribution in [0.1, 0.15) is 40.7 Å². The molecule has 0 spiro atoms. The molecule has 10 heteroatoms. The van der Waals surface area contributed by atoms with Gasteiger partial charge in [-0.3, -0.25) is 5.32 Å². The lowest BCUT2D eigenvalue weighted by Gasteiger charge is -2.14. The predicted molar refractivity (Wildman–Crippen MR) is 112 cm³/mol. The fourth-order valence-electron chi connectivity index (χ4n) is 3.22. The minimum atomic E-state index is -1.28. The number of hydrogen-bond acceptors (Lipinski definition) is 6. The molecule has 0 bridgehead atoms. The third-order valence-electron chi connectivity index (χ3n) is 4.81. The molecule has 162 valence electrons. The van der Waals surface area contributed by atoms with Crippen LogP contribution in [0.25, 0.3) is 0 Å². The van der Waals surface area contributed by atoms with Gasteiger partial charge in [-0.2, -0.15) is 4.37 Å². The molecular formula is C20H25FN4O4S. The van der Waals surface area contributed by atoms with Crippen molar-refractivity contribution in [2.45, 2.75) is 32.8 Å². The Morgan fingerprint density at radius 3 is 2.80 bits per heavy atom. The van der Waals surface area contributed by atoms with Gasteiger partial charge in [0.2, 0.25) is 5.88 Å². The molecule has 1 aliphatic heterocycles. The number of nitrogens with zero attached hydrogens (tertiary/aromatic N) is 2. The monoisotopic (exact) mass is 436 g/mol. The lowest BCUT2D eigenvalue weighted by atomic mass is 10.1. The second-order valence-electron chi connectivity index (χ2n) is 7.16. The number of benzene rings is 1. The number of rotatable bonds is 9. The molecule has 0 unspecified atom stereocenters. The highest BCUT2D eigenvalue weighted by atomic mass is 32.1. The quantitative estimate of drug-likeness (QED) is 0.520. The Morgan fingerprint density at radius 1 is 1.33 bits per heavy atom. The van der Waals surface area contributed by atoms with Crippen molar-refractivity contribution in [1.29, 1.82) is 0 Å². The van der Waals surface area contributed by atoms with Gasteiger partial charge in [0.25, 0.3) is 0 Å². The average molecular weight is 437 g/mol. The van der Waals surface area contributed by atoms with E-state index in [2.05, 4.69) is 19.9 Å². The van der Waals surface area contributed by atoms with Crippen LogP contribution in [0.5, 0.6) is 5.88 Å². The first-order chi connectivity index (χ1) is 14.4. The molecule has 1 aromatic carbocycles. The van der Waals surface area contributed by atoms with Crippen molar-refractivity contribution in [1.82, 2.24) is 14.6 Å². The van der Waals surface area contributed by atoms with Crippen LogP contribution >= 0.6 is 11.5 Å². The van der Waals surface area contributed by atoms with E-state index in [0.717, 1.165) is 43.2 Å². The van der Waals surface area contributed by atoms with Crippen LogP contribution in [-0.4, -0.2) is 52.6 Å². The molecule has 3 rings (SSSR count). The Morgan fingerprint density at radius 2 is 2.10 bits per heavy atom. The zero-order valence-electron chi connectivity index (χ0n) is 16.7. The fraction of sp³-hybridized carbons (Fsp3) is 0.450. The zero-order chi connectivity index (χ0) is 21.5. The van der Waals surface area contributed by atoms with Gasteiger partial charge in [-0.1, -0.05) is 12.1 Å². The molecule has 0 aliphatic carbocycles. The summed E-state index contributed by atoms with van der Waals surface area (Å²) < 4.78 is 23.3. The number of nitrogens with one attached hydrogen (secondary N) is 2. The van der Waals surface area contributed by atoms with Crippen molar-refractivity contribution >= 4 is 28.5 Å². The number of hydrogen-bond donors (Lipinski definition) is 3. The van der Waals surface area contributed by atoms with E-state index >= 15 is 0 Å². The van der Waals surface area contributed by atoms with Gasteiger partial charge in [-0.25, -0.2) is 14.0 Å². The first-order valence-electron chi connectivity index (χ1n) is 9.82. The van der Waals surface area contributed by atoms with Gasteiger partial charge in [0.1, 0.15) is 17.4 Å². The number of carbonyl (C=O) groups excluding carboxylic acids is 1. The zero-order valence-corrected chi connectivity index (χ0v) is 17.6. The number of anilines is 1. The molecule has 0 saturated carbocycles. The number of carbonyl (C=O) groups is 2. The van der Waals surface area contributed by atoms with Crippen molar-refractivity contribution in [3.8, 4) is 5.88 Å². The smallest absolute Gasteiger partial charge is 0.344 e. The second-order valence-corrected chi connectivity index (χ2v) is 7.94. The van der Waals surface area contributed by atoms with Gasteiger partial charge in [0.15, 0.2) is 5.56 Å². The van der Waals surface area contributed by atoms with Crippen molar-refractivity contribution in [2.75, 3.05) is 31.5 Å². The summed E-state index contributed by atoms with van der Waals surface area (Å²) >= 11 is 0.804. The maximum Gasteiger partial charge on any atom is 0.344 e. The van der Waals surface area contributed by atoms with Crippen molar-refractivity contribution < 1.29 is 23.8 Å². The molecule has 3 N–H and O–H groups in total. The first kappa shape index (κ1) is 22.0. The van der Waals surface area contributed by atoms with Gasteiger partial charge >= 0.3 is 12.0 Å². The van der Waals surface area contributed by atoms with Crippen LogP contribution < -0.4 is 15.4 Å². The number of amides is 2. The van der Waals surface area contributed by atoms with Gasteiger partial charge in [0.05, 0.1) is 0 Å². The summed E-state index contributed by atoms with van der Waals surface area (Å²) in [6, 6.07) is 4.19. The number of ether oxygens (including phenoxy) is 1. The SMILES string of the molecule is Cc1ccc(COc2nsc(NC(=O)NCCCN3CCCC3)c2C(=O)O)c(F)c1. The maximum atomic E-state index is 14.0. The number of halogens is 1. The van der Waals surface area contributed by atoms with Crippen LogP contribution in [0.15, 0.2) is 18.2 Å². The van der Waals surface area contributed by atoms with Crippen LogP contribution in [-0.2, 0) is 6.61 Å². The third-order valence-corrected chi connectivity index (χ3v) is 5.56. The summed E-state index contributed by atoms with van der Waals surface area (Å²) in [4.78, 5) is 26.1. The lowest BCUT2D eigenvalue weighted by molar-refractivity contribution is 0.0693. The Bertz CT molecular complexity index is 899. The largest absolute Gasteiger partial charge is 0.477 e. The number of likely N-dealkylation sites (tertiary alicyclic amines) is 1. The summed E-state index contributed by atoms with van der Waals surface area (Å²) in [5.74, 6) is -1.88. The van der Waals surface area contributed by atoms with Gasteiger partial charge in [0, 0.05) is 12.1 Å². The number of urea groups is 1. The predicted octanol–water partition coefficient (Wildman–Crippen LogP) is 3.48. The standard InChI is InChI=1S/C20H25FN4O4S/c1-13-5-6-14(15(21)11-13)12-29-17-16(19(26)27)18(30-24-17)23-20(28)22-7-4-10-25-8-2-3-9-25/h5-6,11H,2-4,7-10,12H2,1H3,(H,26,27)(H2,22,23,28). The molecule has 30 heavy (non-hydrogen) atoms. The second kappa shape index (κ2) is 10.4. The maximum absolute atomic E-state index is 14.0. The fourth-order valence-corrected chi connectivity index (χ4v) is 3.94. The molecule has 2 aromatic rings. The van der Waals surface area contributed by atoms with E-state index in [1.54, 1.807) is 19.1 Å². The summed E-state index contributed by atoms with van der Waals surface area (Å²) in [5.41, 5.74) is 0.809. The highest BCUT2D eigenvalue weighted by Gasteiger charge is 2.23. The molecule has 0 radical (unpaired) electrons. The number of aromatic carboxylic acids is 1. The molecule has 8 nitrogen and oxygen atoms in total. The van der Waals surface area contributed by atoms with E-state index in [0.29, 0.717) is 6.54 Å². The molecule has 2 heterocycles. The number of carboxylic acid groups (broad SMARTS) is 1. The van der Waals surface area contributed by atoms with E-state index in [9.17, 15) is 19.1 Å². The van der Waals surface area contributed by atoms with E-state index < -0.39 is 17.8 Å². The highest BCUT2D eigenvalue weighted by molar-refractivity contribution is 7.11. The number of aromatic nitrogens is 1. The normalized spacial score (nSPS) is 13.9. The van der Waals surface area contributed by atoms with Gasteiger partial charge in [-0.05, 0) is 69.0 Å². The van der Waals surface area contributed by atoms with E-state index in [1.807, 2.05) is 0 Å². The van der Waals surface area contributed by atoms with Gasteiger partial charge in [-0.15, -0.1) is 0 Å². The Labute approximate surface area is 178 Å². The van der Waals surface area contributed by atoms with Gasteiger partial charge < -0.3 is 20.1 Å². The van der Waals surface area contributed by atoms with Crippen molar-refractivity contribution in [2.24, 2.45) is 0 Å². The lowest BCUT2D eigenvalue weighted by Crippen LogP contribution is -2.32. The van der Waals surface area contributed by atoms with Crippen molar-refractivity contribution in [3.63, 3.8) is 0 Å². The minimum absolute atomic E-state index is 0.0684. The molecule has 1 saturated heterocycles. The number of carboxylic acids is 1. The molecule has 1 aliphatic rings. The topological polar surface area (TPSA) is 104 Å². The summed E-state index contributed by atoms with van der Waals surface area (Å²) in [7, 11) is 0. The van der Waals surface area contributed by atoms with Crippen LogP contribution in [0.4, 0.5) is 14.2 Å². The molecule has 2 amide bonds. The molecular weight excluding hydrogens is 411 g/mol. The molecule has 0 atom stereocenters. The van der Waals surface area contributed by atoms with Crippen LogP contribution in [0, 0.1) is 12.7 Å². The Kier molecular flexibility index (Phi) is 7.58. The van der Waals surface area contributed by atoms with Crippen LogP contribution in [0.3, 0.4) is 0 Å². The Hall–Kier alpha value is -2.72. The van der Waals surface area contributed by atoms with E-state index in [1.165, 1.54) is 18.9 Å². The molecule has 1 fully saturated rings. The third kappa shape index (κ3) is 5.90. The van der Waals surface area contributed by atoms with E-state index in [4.69, 9.17) is 4.74 Å². The Balaban J connectivity index is 1.54. The summed E-state index contributed by atoms with van der Waals surface area (Å²) in [6.07, 6.45) is 3.26. The minimum Gasteiger partial charge on any atom is -0.477 e. The van der Waals surface area contributed by atoms with Crippen LogP contribution in [0.2, 0.25) is 0 Å². The van der Waals surface area contributed by atoms with Crippen molar-refractivity contribution in [3.05, 3.63) is 40.7 Å².